The van der Waals surface area contributed by atoms with Crippen molar-refractivity contribution >= 4 is 29.0 Å². The topological polar surface area (TPSA) is 46.2 Å². The molecule has 0 spiro atoms. The first-order valence-electron chi connectivity index (χ1n) is 5.87. The Kier molecular flexibility index (Phi) is 4.48. The van der Waals surface area contributed by atoms with Gasteiger partial charge in [0.25, 0.3) is 0 Å². The van der Waals surface area contributed by atoms with Gasteiger partial charge in [-0.3, -0.25) is 9.59 Å². The van der Waals surface area contributed by atoms with Gasteiger partial charge >= 0.3 is 0 Å². The molecule has 0 aliphatic rings. The average molecular weight is 292 g/mol. The van der Waals surface area contributed by atoms with Crippen molar-refractivity contribution in [3.63, 3.8) is 0 Å². The van der Waals surface area contributed by atoms with Gasteiger partial charge in [-0.2, -0.15) is 0 Å². The van der Waals surface area contributed by atoms with E-state index in [4.69, 9.17) is 11.6 Å². The van der Waals surface area contributed by atoms with Crippen molar-refractivity contribution in [3.05, 3.63) is 65.5 Å². The van der Waals surface area contributed by atoms with Crippen LogP contribution in [0.25, 0.3) is 0 Å². The van der Waals surface area contributed by atoms with Crippen molar-refractivity contribution in [3.8, 4) is 0 Å². The third kappa shape index (κ3) is 3.22. The van der Waals surface area contributed by atoms with Crippen molar-refractivity contribution in [2.45, 2.75) is 0 Å². The van der Waals surface area contributed by atoms with Crippen molar-refractivity contribution in [2.24, 2.45) is 0 Å². The Balaban J connectivity index is 2.34. The van der Waals surface area contributed by atoms with Crippen LogP contribution in [-0.4, -0.2) is 17.6 Å². The molecule has 0 radical (unpaired) electrons. The summed E-state index contributed by atoms with van der Waals surface area (Å²) in [6.07, 6.45) is 0. The van der Waals surface area contributed by atoms with Gasteiger partial charge in [-0.25, -0.2) is 4.39 Å². The Labute approximate surface area is 120 Å². The first-order chi connectivity index (χ1) is 9.61. The molecule has 0 heterocycles. The number of alkyl halides is 1. The van der Waals surface area contributed by atoms with E-state index < -0.39 is 11.7 Å². The maximum Gasteiger partial charge on any atom is 0.239 e. The highest BCUT2D eigenvalue weighted by Crippen LogP contribution is 2.19. The van der Waals surface area contributed by atoms with Crippen LogP contribution >= 0.6 is 11.6 Å². The molecule has 0 unspecified atom stereocenters. The Morgan fingerprint density at radius 1 is 1.05 bits per heavy atom. The largest absolute Gasteiger partial charge is 0.324 e. The number of para-hydroxylation sites is 1. The van der Waals surface area contributed by atoms with E-state index in [0.29, 0.717) is 16.8 Å². The minimum atomic E-state index is -0.412. The van der Waals surface area contributed by atoms with Gasteiger partial charge in [0.05, 0.1) is 5.69 Å². The summed E-state index contributed by atoms with van der Waals surface area (Å²) in [7, 11) is 0. The summed E-state index contributed by atoms with van der Waals surface area (Å²) in [5, 5.41) is 2.56. The lowest BCUT2D eigenvalue weighted by Gasteiger charge is -2.09. The molecule has 0 aliphatic heterocycles. The fourth-order valence-corrected chi connectivity index (χ4v) is 1.80. The van der Waals surface area contributed by atoms with E-state index in [1.165, 1.54) is 24.3 Å². The summed E-state index contributed by atoms with van der Waals surface area (Å²) in [6.45, 7) is 0. The highest BCUT2D eigenvalue weighted by Gasteiger charge is 2.14. The zero-order chi connectivity index (χ0) is 14.5. The number of anilines is 1. The highest BCUT2D eigenvalue weighted by atomic mass is 35.5. The standard InChI is InChI=1S/C15H11ClFNO2/c16-9-14(19)18-13-4-2-1-3-12(13)15(20)10-5-7-11(17)8-6-10/h1-8H,9H2,(H,18,19). The van der Waals surface area contributed by atoms with Crippen LogP contribution in [0.1, 0.15) is 15.9 Å². The van der Waals surface area contributed by atoms with E-state index in [0.717, 1.165) is 0 Å². The predicted octanol–water partition coefficient (Wildman–Crippen LogP) is 3.23. The maximum absolute atomic E-state index is 12.9. The second kappa shape index (κ2) is 6.30. The number of nitrogens with one attached hydrogen (secondary N) is 1. The number of halogens is 2. The second-order valence-electron chi connectivity index (χ2n) is 4.06. The number of benzene rings is 2. The van der Waals surface area contributed by atoms with E-state index in [1.807, 2.05) is 0 Å². The molecule has 0 aliphatic carbocycles. The molecule has 20 heavy (non-hydrogen) atoms. The molecule has 3 nitrogen and oxygen atoms in total. The molecule has 0 fully saturated rings. The van der Waals surface area contributed by atoms with E-state index in [1.54, 1.807) is 24.3 Å². The molecule has 2 aromatic rings. The number of amides is 1. The molecule has 1 amide bonds. The minimum Gasteiger partial charge on any atom is -0.324 e. The van der Waals surface area contributed by atoms with Crippen molar-refractivity contribution in [2.75, 3.05) is 11.2 Å². The van der Waals surface area contributed by atoms with Crippen LogP contribution in [0.15, 0.2) is 48.5 Å². The summed E-state index contributed by atoms with van der Waals surface area (Å²) in [5.74, 6) is -1.30. The van der Waals surface area contributed by atoms with Crippen LogP contribution in [0.5, 0.6) is 0 Å². The van der Waals surface area contributed by atoms with Gasteiger partial charge in [0.2, 0.25) is 5.91 Å². The van der Waals surface area contributed by atoms with Crippen molar-refractivity contribution < 1.29 is 14.0 Å². The normalized spacial score (nSPS) is 10.1. The van der Waals surface area contributed by atoms with Crippen LogP contribution in [-0.2, 0) is 4.79 Å². The Bertz CT molecular complexity index is 641. The number of hydrogen-bond acceptors (Lipinski definition) is 2. The predicted molar refractivity (Wildman–Crippen MR) is 75.6 cm³/mol. The van der Waals surface area contributed by atoms with Crippen LogP contribution in [0.4, 0.5) is 10.1 Å². The van der Waals surface area contributed by atoms with Crippen LogP contribution in [0, 0.1) is 5.82 Å². The van der Waals surface area contributed by atoms with Crippen LogP contribution in [0.3, 0.4) is 0 Å². The molecule has 0 saturated carbocycles. The molecule has 2 aromatic carbocycles. The van der Waals surface area contributed by atoms with Crippen LogP contribution in [0.2, 0.25) is 0 Å². The molecule has 2 rings (SSSR count). The smallest absolute Gasteiger partial charge is 0.239 e. The number of carbonyl (C=O) groups is 2. The second-order valence-corrected chi connectivity index (χ2v) is 4.33. The molecule has 0 bridgehead atoms. The van der Waals surface area contributed by atoms with Gasteiger partial charge in [0.1, 0.15) is 11.7 Å². The zero-order valence-electron chi connectivity index (χ0n) is 10.4. The number of hydrogen-bond donors (Lipinski definition) is 1. The van der Waals surface area contributed by atoms with E-state index >= 15 is 0 Å². The fourth-order valence-electron chi connectivity index (χ4n) is 1.73. The van der Waals surface area contributed by atoms with Crippen molar-refractivity contribution in [1.82, 2.24) is 0 Å². The van der Waals surface area contributed by atoms with Gasteiger partial charge in [0.15, 0.2) is 5.78 Å². The third-order valence-corrected chi connectivity index (χ3v) is 2.92. The van der Waals surface area contributed by atoms with Gasteiger partial charge in [-0.05, 0) is 36.4 Å². The fraction of sp³-hybridized carbons (Fsp3) is 0.0667. The monoisotopic (exact) mass is 291 g/mol. The lowest BCUT2D eigenvalue weighted by Crippen LogP contribution is -2.15. The summed E-state index contributed by atoms with van der Waals surface area (Å²) in [4.78, 5) is 23.7. The first-order valence-corrected chi connectivity index (χ1v) is 6.40. The van der Waals surface area contributed by atoms with Gasteiger partial charge in [-0.1, -0.05) is 12.1 Å². The molecular formula is C15H11ClFNO2. The maximum atomic E-state index is 12.9. The van der Waals surface area contributed by atoms with E-state index in [2.05, 4.69) is 5.32 Å². The number of ketones is 1. The summed E-state index contributed by atoms with van der Waals surface area (Å²) >= 11 is 5.43. The lowest BCUT2D eigenvalue weighted by atomic mass is 10.0. The van der Waals surface area contributed by atoms with E-state index in [9.17, 15) is 14.0 Å². The zero-order valence-corrected chi connectivity index (χ0v) is 11.2. The molecule has 102 valence electrons. The Morgan fingerprint density at radius 2 is 1.70 bits per heavy atom. The summed E-state index contributed by atoms with van der Waals surface area (Å²) in [6, 6.07) is 11.8. The lowest BCUT2D eigenvalue weighted by molar-refractivity contribution is -0.113. The molecule has 0 aromatic heterocycles. The van der Waals surface area contributed by atoms with Gasteiger partial charge < -0.3 is 5.32 Å². The molecular weight excluding hydrogens is 281 g/mol. The SMILES string of the molecule is O=C(CCl)Nc1ccccc1C(=O)c1ccc(F)cc1. The minimum absolute atomic E-state index is 0.195. The average Bonchev–Trinajstić information content (AvgIpc) is 2.48. The Hall–Kier alpha value is -2.20. The molecule has 0 saturated heterocycles. The van der Waals surface area contributed by atoms with Crippen LogP contribution < -0.4 is 5.32 Å². The Morgan fingerprint density at radius 3 is 2.35 bits per heavy atom. The molecule has 1 N–H and O–H groups in total. The van der Waals surface area contributed by atoms with Crippen molar-refractivity contribution in [1.29, 1.82) is 0 Å². The number of carbonyl (C=O) groups excluding carboxylic acids is 2. The van der Waals surface area contributed by atoms with Gasteiger partial charge in [-0.15, -0.1) is 11.6 Å². The number of rotatable bonds is 4. The summed E-state index contributed by atoms with van der Waals surface area (Å²) < 4.78 is 12.9. The molecule has 5 heteroatoms. The third-order valence-electron chi connectivity index (χ3n) is 2.67. The summed E-state index contributed by atoms with van der Waals surface area (Å²) in [5.41, 5.74) is 1.06. The first kappa shape index (κ1) is 14.2. The van der Waals surface area contributed by atoms with Gasteiger partial charge in [0, 0.05) is 11.1 Å². The molecule has 0 atom stereocenters. The van der Waals surface area contributed by atoms with E-state index in [-0.39, 0.29) is 11.7 Å². The highest BCUT2D eigenvalue weighted by molar-refractivity contribution is 6.29. The quantitative estimate of drug-likeness (QED) is 0.694.